The van der Waals surface area contributed by atoms with Crippen molar-refractivity contribution < 1.29 is 0 Å². The second-order valence-electron chi connectivity index (χ2n) is 17.0. The molecule has 1 heterocycles. The number of aromatic nitrogens is 2. The van der Waals surface area contributed by atoms with Crippen LogP contribution in [0.1, 0.15) is 49.9 Å². The predicted octanol–water partition coefficient (Wildman–Crippen LogP) is 14.6. The van der Waals surface area contributed by atoms with Gasteiger partial charge in [0.05, 0.1) is 11.4 Å². The number of hydrogen-bond acceptors (Lipinski definition) is 2. The molecule has 0 spiro atoms. The lowest BCUT2D eigenvalue weighted by Gasteiger charge is -2.24. The number of hydrogen-bond donors (Lipinski definition) is 0. The van der Waals surface area contributed by atoms with Gasteiger partial charge in [-0.2, -0.15) is 0 Å². The molecule has 0 unspecified atom stereocenters. The van der Waals surface area contributed by atoms with Crippen LogP contribution in [0.4, 0.5) is 0 Å². The van der Waals surface area contributed by atoms with Crippen LogP contribution in [0.3, 0.4) is 0 Å². The lowest BCUT2D eigenvalue weighted by Crippen LogP contribution is -2.16. The molecule has 0 aliphatic heterocycles. The van der Waals surface area contributed by atoms with Gasteiger partial charge in [-0.15, -0.1) is 0 Å². The molecule has 0 radical (unpaired) electrons. The van der Waals surface area contributed by atoms with Gasteiger partial charge in [0.25, 0.3) is 0 Å². The molecule has 2 nitrogen and oxygen atoms in total. The second kappa shape index (κ2) is 12.8. The van der Waals surface area contributed by atoms with Crippen LogP contribution in [0.25, 0.3) is 89.2 Å². The summed E-state index contributed by atoms with van der Waals surface area (Å²) >= 11 is 0. The molecule has 58 heavy (non-hydrogen) atoms. The Labute approximate surface area is 340 Å². The summed E-state index contributed by atoms with van der Waals surface area (Å²) in [7, 11) is 0. The minimum atomic E-state index is -0.0857. The van der Waals surface area contributed by atoms with Crippen molar-refractivity contribution in [1.82, 2.24) is 9.97 Å². The third kappa shape index (κ3) is 5.25. The molecule has 0 saturated carbocycles. The second-order valence-corrected chi connectivity index (χ2v) is 17.0. The molecule has 9 aromatic rings. The molecule has 0 amide bonds. The molecule has 2 aliphatic rings. The van der Waals surface area contributed by atoms with Crippen LogP contribution < -0.4 is 0 Å². The average molecular weight is 743 g/mol. The highest BCUT2D eigenvalue weighted by Gasteiger charge is 2.38. The van der Waals surface area contributed by atoms with Crippen molar-refractivity contribution in [2.24, 2.45) is 0 Å². The minimum Gasteiger partial charge on any atom is -0.228 e. The number of nitrogens with zero attached hydrogens (tertiary/aromatic N) is 2. The Balaban J connectivity index is 0.976. The van der Waals surface area contributed by atoms with Gasteiger partial charge in [-0.3, -0.25) is 0 Å². The Hall–Kier alpha value is -6.90. The molecular formula is C56H42N2. The number of rotatable bonds is 5. The maximum absolute atomic E-state index is 5.17. The summed E-state index contributed by atoms with van der Waals surface area (Å²) in [6.07, 6.45) is 0. The van der Waals surface area contributed by atoms with Crippen LogP contribution in [0, 0.1) is 0 Å². The Bertz CT molecular complexity index is 3080. The van der Waals surface area contributed by atoms with Crippen LogP contribution in [0.15, 0.2) is 182 Å². The molecule has 0 bridgehead atoms. The van der Waals surface area contributed by atoms with Crippen molar-refractivity contribution in [3.63, 3.8) is 0 Å². The summed E-state index contributed by atoms with van der Waals surface area (Å²) in [5, 5.41) is 2.56. The van der Waals surface area contributed by atoms with Crippen molar-refractivity contribution >= 4 is 10.8 Å². The molecule has 2 aliphatic carbocycles. The lowest BCUT2D eigenvalue weighted by atomic mass is 9.79. The fourth-order valence-electron chi connectivity index (χ4n) is 9.90. The number of fused-ring (bicyclic) bond motifs is 7. The van der Waals surface area contributed by atoms with Gasteiger partial charge in [0.1, 0.15) is 0 Å². The van der Waals surface area contributed by atoms with E-state index in [0.717, 1.165) is 28.1 Å². The van der Waals surface area contributed by atoms with Gasteiger partial charge in [-0.25, -0.2) is 9.97 Å². The van der Waals surface area contributed by atoms with E-state index < -0.39 is 0 Å². The molecule has 11 rings (SSSR count). The van der Waals surface area contributed by atoms with E-state index in [1.807, 2.05) is 18.2 Å². The van der Waals surface area contributed by atoms with Crippen LogP contribution in [-0.4, -0.2) is 9.97 Å². The molecule has 8 aromatic carbocycles. The SMILES string of the molecule is CC1(C)c2cc3ccccc3cc2-c2c(-c3ccc(-c4cc(-c5ccc(-c6cccc7c6C(C)(C)c6ccccc6-7)cc5)nc(-c5ccccc5)n4)cc3)cccc21. The van der Waals surface area contributed by atoms with Crippen LogP contribution in [0.5, 0.6) is 0 Å². The van der Waals surface area contributed by atoms with Gasteiger partial charge < -0.3 is 0 Å². The van der Waals surface area contributed by atoms with E-state index in [1.165, 1.54) is 77.5 Å². The van der Waals surface area contributed by atoms with Gasteiger partial charge in [0, 0.05) is 27.5 Å². The van der Waals surface area contributed by atoms with E-state index in [9.17, 15) is 0 Å². The molecule has 1 aromatic heterocycles. The Morgan fingerprint density at radius 3 is 1.55 bits per heavy atom. The van der Waals surface area contributed by atoms with E-state index in [4.69, 9.17) is 9.97 Å². The Morgan fingerprint density at radius 1 is 0.328 bits per heavy atom. The van der Waals surface area contributed by atoms with E-state index in [1.54, 1.807) is 0 Å². The highest BCUT2D eigenvalue weighted by molar-refractivity contribution is 5.99. The standard InChI is InChI=1S/C56H42N2/c1-55(2)48-23-13-19-42(52(48)46-32-40-16-8-9-17-41(40)33-49(46)55)35-24-28-37(29-25-35)50-34-51(58-54(57-50)39-14-6-5-7-15-39)38-30-26-36(27-31-38)43-20-12-21-45-44-18-10-11-22-47(44)56(3,4)53(43)45/h5-34H,1-4H3. The first-order chi connectivity index (χ1) is 28.3. The van der Waals surface area contributed by atoms with Crippen molar-refractivity contribution in [3.8, 4) is 78.4 Å². The number of benzene rings is 8. The fraction of sp³-hybridized carbons (Fsp3) is 0.107. The topological polar surface area (TPSA) is 25.8 Å². The zero-order chi connectivity index (χ0) is 39.2. The first-order valence-corrected chi connectivity index (χ1v) is 20.3. The normalized spacial score (nSPS) is 14.1. The molecular weight excluding hydrogens is 701 g/mol. The average Bonchev–Trinajstić information content (AvgIpc) is 3.65. The van der Waals surface area contributed by atoms with Gasteiger partial charge >= 0.3 is 0 Å². The van der Waals surface area contributed by atoms with Crippen molar-refractivity contribution in [2.45, 2.75) is 38.5 Å². The van der Waals surface area contributed by atoms with E-state index >= 15 is 0 Å². The smallest absolute Gasteiger partial charge is 0.160 e. The van der Waals surface area contributed by atoms with Crippen molar-refractivity contribution in [3.05, 3.63) is 204 Å². The summed E-state index contributed by atoms with van der Waals surface area (Å²) in [5.41, 5.74) is 20.6. The quantitative estimate of drug-likeness (QED) is 0.175. The Morgan fingerprint density at radius 2 is 0.845 bits per heavy atom. The molecule has 0 N–H and O–H groups in total. The van der Waals surface area contributed by atoms with Crippen LogP contribution >= 0.6 is 0 Å². The van der Waals surface area contributed by atoms with Gasteiger partial charge in [-0.1, -0.05) is 191 Å². The molecule has 276 valence electrons. The molecule has 2 heteroatoms. The molecule has 0 saturated heterocycles. The van der Waals surface area contributed by atoms with E-state index in [0.29, 0.717) is 5.82 Å². The van der Waals surface area contributed by atoms with Crippen molar-refractivity contribution in [2.75, 3.05) is 0 Å². The fourth-order valence-corrected chi connectivity index (χ4v) is 9.90. The maximum atomic E-state index is 5.17. The zero-order valence-corrected chi connectivity index (χ0v) is 33.2. The van der Waals surface area contributed by atoms with Crippen LogP contribution in [0.2, 0.25) is 0 Å². The molecule has 0 fully saturated rings. The van der Waals surface area contributed by atoms with Gasteiger partial charge in [0.2, 0.25) is 0 Å². The third-order valence-corrected chi connectivity index (χ3v) is 12.9. The maximum Gasteiger partial charge on any atom is 0.160 e. The summed E-state index contributed by atoms with van der Waals surface area (Å²) in [4.78, 5) is 10.3. The van der Waals surface area contributed by atoms with Gasteiger partial charge in [0.15, 0.2) is 5.82 Å². The van der Waals surface area contributed by atoms with Crippen LogP contribution in [-0.2, 0) is 10.8 Å². The summed E-state index contributed by atoms with van der Waals surface area (Å²) in [6.45, 7) is 9.42. The largest absolute Gasteiger partial charge is 0.228 e. The summed E-state index contributed by atoms with van der Waals surface area (Å²) in [5.74, 6) is 0.716. The van der Waals surface area contributed by atoms with Crippen molar-refractivity contribution in [1.29, 1.82) is 0 Å². The summed E-state index contributed by atoms with van der Waals surface area (Å²) < 4.78 is 0. The van der Waals surface area contributed by atoms with Gasteiger partial charge in [-0.05, 0) is 95.7 Å². The lowest BCUT2D eigenvalue weighted by molar-refractivity contribution is 0.661. The highest BCUT2D eigenvalue weighted by atomic mass is 14.9. The third-order valence-electron chi connectivity index (χ3n) is 12.9. The predicted molar refractivity (Wildman–Crippen MR) is 242 cm³/mol. The first kappa shape index (κ1) is 34.4. The molecule has 0 atom stereocenters. The van der Waals surface area contributed by atoms with E-state index in [-0.39, 0.29) is 10.8 Å². The zero-order valence-electron chi connectivity index (χ0n) is 33.2. The van der Waals surface area contributed by atoms with E-state index in [2.05, 4.69) is 191 Å². The highest BCUT2D eigenvalue weighted by Crippen LogP contribution is 2.54. The minimum absolute atomic E-state index is 0.0839. The summed E-state index contributed by atoms with van der Waals surface area (Å²) in [6, 6.07) is 66.2. The monoisotopic (exact) mass is 742 g/mol. The Kier molecular flexibility index (Phi) is 7.59. The first-order valence-electron chi connectivity index (χ1n) is 20.3.